The van der Waals surface area contributed by atoms with Gasteiger partial charge in [-0.2, -0.15) is 9.78 Å². The molecule has 2 heterocycles. The number of benzene rings is 1. The van der Waals surface area contributed by atoms with Gasteiger partial charge in [0, 0.05) is 29.1 Å². The molecule has 172 valence electrons. The first kappa shape index (κ1) is 22.9. The fourth-order valence-corrected chi connectivity index (χ4v) is 4.10. The topological polar surface area (TPSA) is 136 Å². The number of nitrogens with one attached hydrogen (secondary N) is 2. The van der Waals surface area contributed by atoms with Gasteiger partial charge >= 0.3 is 0 Å². The van der Waals surface area contributed by atoms with E-state index in [0.29, 0.717) is 17.2 Å². The van der Waals surface area contributed by atoms with Crippen LogP contribution in [-0.2, 0) is 9.84 Å². The van der Waals surface area contributed by atoms with E-state index in [2.05, 4.69) is 25.7 Å². The van der Waals surface area contributed by atoms with Crippen molar-refractivity contribution in [2.75, 3.05) is 6.26 Å². The lowest BCUT2D eigenvalue weighted by Gasteiger charge is -2.15. The Labute approximate surface area is 195 Å². The van der Waals surface area contributed by atoms with Crippen LogP contribution in [0.5, 0.6) is 0 Å². The van der Waals surface area contributed by atoms with Crippen molar-refractivity contribution in [1.29, 1.82) is 0 Å². The van der Waals surface area contributed by atoms with Crippen molar-refractivity contribution in [1.82, 2.24) is 30.4 Å². The van der Waals surface area contributed by atoms with Gasteiger partial charge < -0.3 is 10.6 Å². The number of hydrogen-bond donors (Lipinski definition) is 2. The summed E-state index contributed by atoms with van der Waals surface area (Å²) in [4.78, 5) is 33.4. The minimum atomic E-state index is -3.54. The summed E-state index contributed by atoms with van der Waals surface area (Å²) in [5.74, 6) is 0.126. The van der Waals surface area contributed by atoms with Crippen LogP contribution in [0.3, 0.4) is 0 Å². The molecule has 1 atom stereocenters. The van der Waals surface area contributed by atoms with Crippen molar-refractivity contribution in [2.24, 2.45) is 0 Å². The zero-order valence-electron chi connectivity index (χ0n) is 17.8. The molecular weight excluding hydrogens is 468 g/mol. The maximum Gasteiger partial charge on any atom is 0.253 e. The average molecular weight is 489 g/mol. The summed E-state index contributed by atoms with van der Waals surface area (Å²) in [5.41, 5.74) is 0.543. The van der Waals surface area contributed by atoms with Gasteiger partial charge in [-0.1, -0.05) is 11.6 Å². The zero-order chi connectivity index (χ0) is 23.8. The number of hydrogen-bond acceptors (Lipinski definition) is 7. The highest BCUT2D eigenvalue weighted by Gasteiger charge is 2.24. The first-order valence-electron chi connectivity index (χ1n) is 10.1. The quantitative estimate of drug-likeness (QED) is 0.519. The Kier molecular flexibility index (Phi) is 6.17. The van der Waals surface area contributed by atoms with Gasteiger partial charge in [-0.05, 0) is 50.1 Å². The highest BCUT2D eigenvalue weighted by Crippen LogP contribution is 2.21. The number of rotatable bonds is 7. The summed E-state index contributed by atoms with van der Waals surface area (Å²) in [6, 6.07) is 6.87. The number of aromatic nitrogens is 4. The van der Waals surface area contributed by atoms with E-state index in [0.717, 1.165) is 19.1 Å². The lowest BCUT2D eigenvalue weighted by atomic mass is 10.2. The van der Waals surface area contributed by atoms with Crippen molar-refractivity contribution in [2.45, 2.75) is 36.7 Å². The van der Waals surface area contributed by atoms with Crippen LogP contribution in [0.4, 0.5) is 0 Å². The first-order chi connectivity index (χ1) is 15.6. The minimum Gasteiger partial charge on any atom is -0.349 e. The molecule has 1 fully saturated rings. The fourth-order valence-electron chi connectivity index (χ4n) is 3.12. The molecule has 4 rings (SSSR count). The monoisotopic (exact) mass is 488 g/mol. The Morgan fingerprint density at radius 1 is 1.12 bits per heavy atom. The molecule has 10 nitrogen and oxygen atoms in total. The number of amides is 2. The van der Waals surface area contributed by atoms with E-state index in [4.69, 9.17) is 11.6 Å². The van der Waals surface area contributed by atoms with E-state index in [1.165, 1.54) is 35.4 Å². The second-order valence-electron chi connectivity index (χ2n) is 7.83. The summed E-state index contributed by atoms with van der Waals surface area (Å²) in [7, 11) is -3.54. The van der Waals surface area contributed by atoms with E-state index >= 15 is 0 Å². The maximum atomic E-state index is 12.8. The van der Waals surface area contributed by atoms with Gasteiger partial charge in [0.1, 0.15) is 6.33 Å². The van der Waals surface area contributed by atoms with Gasteiger partial charge in [-0.15, -0.1) is 0 Å². The standard InChI is InChI=1S/C21H21ClN6O4S/c1-12(26-21(30)14-7-15(22)9-17(8-14)33(2,31)32)19-24-11-25-28(19)18-6-3-13(10-23-18)20(29)27-16-4-5-16/h3,6-12,16H,4-5H2,1-2H3,(H,26,30)(H,27,29)/t12-/m1/s1. The van der Waals surface area contributed by atoms with Gasteiger partial charge in [0.2, 0.25) is 0 Å². The molecule has 0 saturated heterocycles. The number of nitrogens with zero attached hydrogens (tertiary/aromatic N) is 4. The molecule has 3 aromatic rings. The minimum absolute atomic E-state index is 0.0500. The van der Waals surface area contributed by atoms with Crippen LogP contribution in [0, 0.1) is 0 Å². The van der Waals surface area contributed by atoms with Crippen LogP contribution in [0.1, 0.15) is 52.3 Å². The highest BCUT2D eigenvalue weighted by atomic mass is 35.5. The Balaban J connectivity index is 1.51. The third-order valence-electron chi connectivity index (χ3n) is 5.01. The first-order valence-corrected chi connectivity index (χ1v) is 12.4. The number of sulfone groups is 1. The second kappa shape index (κ2) is 8.91. The summed E-state index contributed by atoms with van der Waals surface area (Å²) < 4.78 is 25.1. The molecule has 33 heavy (non-hydrogen) atoms. The summed E-state index contributed by atoms with van der Waals surface area (Å²) in [5, 5.41) is 9.97. The predicted molar refractivity (Wildman–Crippen MR) is 120 cm³/mol. The van der Waals surface area contributed by atoms with Crippen LogP contribution >= 0.6 is 11.6 Å². The lowest BCUT2D eigenvalue weighted by molar-refractivity contribution is 0.0933. The van der Waals surface area contributed by atoms with Crippen LogP contribution in [0.15, 0.2) is 47.8 Å². The van der Waals surface area contributed by atoms with E-state index in [1.807, 2.05) is 0 Å². The van der Waals surface area contributed by atoms with Gasteiger partial charge in [-0.25, -0.2) is 18.4 Å². The SMILES string of the molecule is C[C@@H](NC(=O)c1cc(Cl)cc(S(C)(=O)=O)c1)c1ncnn1-c1ccc(C(=O)NC2CC2)cn1. The fraction of sp³-hybridized carbons (Fsp3) is 0.286. The number of halogens is 1. The van der Waals surface area contributed by atoms with Crippen LogP contribution < -0.4 is 10.6 Å². The molecule has 1 saturated carbocycles. The molecule has 0 bridgehead atoms. The summed E-state index contributed by atoms with van der Waals surface area (Å²) >= 11 is 6.00. The van der Waals surface area contributed by atoms with Crippen molar-refractivity contribution >= 4 is 33.3 Å². The van der Waals surface area contributed by atoms with Crippen molar-refractivity contribution in [3.8, 4) is 5.82 Å². The number of pyridine rings is 1. The Hall–Kier alpha value is -3.31. The molecule has 2 aromatic heterocycles. The van der Waals surface area contributed by atoms with Gasteiger partial charge in [0.25, 0.3) is 11.8 Å². The molecule has 1 aliphatic carbocycles. The van der Waals surface area contributed by atoms with E-state index in [1.54, 1.807) is 19.1 Å². The molecule has 1 aromatic carbocycles. The number of carbonyl (C=O) groups is 2. The molecule has 12 heteroatoms. The third kappa shape index (κ3) is 5.37. The Morgan fingerprint density at radius 3 is 2.52 bits per heavy atom. The Morgan fingerprint density at radius 2 is 1.88 bits per heavy atom. The molecule has 1 aliphatic rings. The molecule has 0 spiro atoms. The van der Waals surface area contributed by atoms with Crippen LogP contribution in [-0.4, -0.2) is 52.3 Å². The van der Waals surface area contributed by atoms with E-state index < -0.39 is 21.8 Å². The molecule has 0 unspecified atom stereocenters. The molecule has 2 N–H and O–H groups in total. The van der Waals surface area contributed by atoms with E-state index in [-0.39, 0.29) is 27.4 Å². The Bertz CT molecular complexity index is 1320. The zero-order valence-corrected chi connectivity index (χ0v) is 19.4. The van der Waals surface area contributed by atoms with Crippen LogP contribution in [0.25, 0.3) is 5.82 Å². The van der Waals surface area contributed by atoms with Crippen molar-refractivity contribution in [3.05, 3.63) is 64.8 Å². The predicted octanol–water partition coefficient (Wildman–Crippen LogP) is 2.10. The summed E-state index contributed by atoms with van der Waals surface area (Å²) in [6.45, 7) is 1.71. The van der Waals surface area contributed by atoms with Crippen molar-refractivity contribution in [3.63, 3.8) is 0 Å². The maximum absolute atomic E-state index is 12.8. The lowest BCUT2D eigenvalue weighted by Crippen LogP contribution is -2.29. The molecule has 2 amide bonds. The van der Waals surface area contributed by atoms with Gasteiger partial charge in [0.05, 0.1) is 16.5 Å². The van der Waals surface area contributed by atoms with Gasteiger partial charge in [-0.3, -0.25) is 9.59 Å². The van der Waals surface area contributed by atoms with Gasteiger partial charge in [0.15, 0.2) is 21.5 Å². The summed E-state index contributed by atoms with van der Waals surface area (Å²) in [6.07, 6.45) is 5.82. The second-order valence-corrected chi connectivity index (χ2v) is 10.3. The third-order valence-corrected chi connectivity index (χ3v) is 6.32. The van der Waals surface area contributed by atoms with Crippen molar-refractivity contribution < 1.29 is 18.0 Å². The molecule has 0 radical (unpaired) electrons. The smallest absolute Gasteiger partial charge is 0.253 e. The number of carbonyl (C=O) groups excluding carboxylic acids is 2. The largest absolute Gasteiger partial charge is 0.349 e. The molecular formula is C21H21ClN6O4S. The highest BCUT2D eigenvalue weighted by molar-refractivity contribution is 7.90. The molecule has 0 aliphatic heterocycles. The average Bonchev–Trinajstić information content (AvgIpc) is 3.44. The normalized spacial score (nSPS) is 14.5. The van der Waals surface area contributed by atoms with E-state index in [9.17, 15) is 18.0 Å². The van der Waals surface area contributed by atoms with Crippen LogP contribution in [0.2, 0.25) is 5.02 Å².